The van der Waals surface area contributed by atoms with Crippen molar-refractivity contribution in [3.05, 3.63) is 29.8 Å². The molecule has 0 amide bonds. The number of hydrogen-bond acceptors (Lipinski definition) is 3. The van der Waals surface area contributed by atoms with E-state index in [1.54, 1.807) is 7.11 Å². The van der Waals surface area contributed by atoms with Gasteiger partial charge in [0.1, 0.15) is 5.75 Å². The van der Waals surface area contributed by atoms with E-state index in [0.717, 1.165) is 31.9 Å². The highest BCUT2D eigenvalue weighted by molar-refractivity contribution is 5.35. The van der Waals surface area contributed by atoms with Gasteiger partial charge in [0, 0.05) is 11.6 Å². The Morgan fingerprint density at radius 2 is 2.00 bits per heavy atom. The molecule has 1 N–H and O–H groups in total. The lowest BCUT2D eigenvalue weighted by atomic mass is 10.1. The number of nitrogens with one attached hydrogen (secondary N) is 1. The van der Waals surface area contributed by atoms with Gasteiger partial charge in [-0.1, -0.05) is 32.0 Å². The number of nitrogens with zero attached hydrogens (tertiary/aromatic N) is 1. The molecule has 0 heterocycles. The molecule has 0 aliphatic heterocycles. The second kappa shape index (κ2) is 8.94. The van der Waals surface area contributed by atoms with Crippen molar-refractivity contribution in [2.24, 2.45) is 0 Å². The molecule has 3 nitrogen and oxygen atoms in total. The van der Waals surface area contributed by atoms with E-state index in [-0.39, 0.29) is 0 Å². The molecule has 108 valence electrons. The third-order valence-corrected chi connectivity index (χ3v) is 3.59. The summed E-state index contributed by atoms with van der Waals surface area (Å²) in [7, 11) is 1.74. The van der Waals surface area contributed by atoms with Crippen molar-refractivity contribution in [2.45, 2.75) is 33.2 Å². The molecule has 1 aromatic carbocycles. The second-order valence-electron chi connectivity index (χ2n) is 4.75. The first kappa shape index (κ1) is 16.0. The minimum absolute atomic E-state index is 0.391. The van der Waals surface area contributed by atoms with Crippen molar-refractivity contribution >= 4 is 0 Å². The van der Waals surface area contributed by atoms with Crippen molar-refractivity contribution in [3.8, 4) is 5.75 Å². The lowest BCUT2D eigenvalue weighted by Gasteiger charge is -2.29. The van der Waals surface area contributed by atoms with Crippen LogP contribution in [0.2, 0.25) is 0 Å². The highest BCUT2D eigenvalue weighted by atomic mass is 16.5. The summed E-state index contributed by atoms with van der Waals surface area (Å²) in [6, 6.07) is 8.70. The monoisotopic (exact) mass is 264 g/mol. The Kier molecular flexibility index (Phi) is 7.53. The molecule has 0 saturated carbocycles. The van der Waals surface area contributed by atoms with Gasteiger partial charge in [-0.2, -0.15) is 0 Å². The number of para-hydroxylation sites is 1. The van der Waals surface area contributed by atoms with Crippen LogP contribution in [0, 0.1) is 0 Å². The van der Waals surface area contributed by atoms with Crippen LogP contribution in [0.4, 0.5) is 0 Å². The number of methoxy groups -OCH3 is 1. The van der Waals surface area contributed by atoms with Crippen LogP contribution in [0.25, 0.3) is 0 Å². The number of ether oxygens (including phenoxy) is 1. The maximum absolute atomic E-state index is 5.47. The molecule has 1 atom stereocenters. The molecule has 0 radical (unpaired) electrons. The zero-order chi connectivity index (χ0) is 14.1. The van der Waals surface area contributed by atoms with E-state index >= 15 is 0 Å². The maximum Gasteiger partial charge on any atom is 0.123 e. The highest BCUT2D eigenvalue weighted by Gasteiger charge is 2.16. The largest absolute Gasteiger partial charge is 0.496 e. The van der Waals surface area contributed by atoms with Gasteiger partial charge < -0.3 is 10.1 Å². The van der Waals surface area contributed by atoms with Gasteiger partial charge >= 0.3 is 0 Å². The van der Waals surface area contributed by atoms with Gasteiger partial charge in [-0.25, -0.2) is 0 Å². The maximum atomic E-state index is 5.47. The molecule has 3 heteroatoms. The van der Waals surface area contributed by atoms with Gasteiger partial charge in [0.2, 0.25) is 0 Å². The summed E-state index contributed by atoms with van der Waals surface area (Å²) < 4.78 is 5.47. The summed E-state index contributed by atoms with van der Waals surface area (Å²) in [5, 5.41) is 3.38. The van der Waals surface area contributed by atoms with E-state index in [9.17, 15) is 0 Å². The highest BCUT2D eigenvalue weighted by Crippen LogP contribution is 2.28. The van der Waals surface area contributed by atoms with E-state index in [0.29, 0.717) is 6.04 Å². The fourth-order valence-corrected chi connectivity index (χ4v) is 2.42. The summed E-state index contributed by atoms with van der Waals surface area (Å²) in [6.45, 7) is 10.9. The van der Waals surface area contributed by atoms with Crippen LogP contribution in [-0.4, -0.2) is 38.2 Å². The first-order valence-electron chi connectivity index (χ1n) is 7.32. The van der Waals surface area contributed by atoms with Crippen LogP contribution < -0.4 is 10.1 Å². The van der Waals surface area contributed by atoms with Crippen molar-refractivity contribution in [1.29, 1.82) is 0 Å². The predicted molar refractivity (Wildman–Crippen MR) is 81.8 cm³/mol. The van der Waals surface area contributed by atoms with Crippen LogP contribution in [-0.2, 0) is 0 Å². The smallest absolute Gasteiger partial charge is 0.123 e. The number of hydrogen-bond donors (Lipinski definition) is 1. The van der Waals surface area contributed by atoms with Crippen LogP contribution in [0.1, 0.15) is 38.8 Å². The molecule has 0 saturated heterocycles. The first-order chi connectivity index (χ1) is 9.24. The summed E-state index contributed by atoms with van der Waals surface area (Å²) in [4.78, 5) is 2.50. The summed E-state index contributed by atoms with van der Waals surface area (Å²) in [5.74, 6) is 0.986. The predicted octanol–water partition coefficient (Wildman–Crippen LogP) is 3.08. The standard InChI is InChI=1S/C16H28N2O/c1-5-17-12-9-13-18(6-2)14(3)15-10-7-8-11-16(15)19-4/h7-8,10-11,14,17H,5-6,9,12-13H2,1-4H3/t14-/m0/s1. The van der Waals surface area contributed by atoms with Crippen LogP contribution in [0.5, 0.6) is 5.75 Å². The van der Waals surface area contributed by atoms with Gasteiger partial charge in [-0.3, -0.25) is 4.90 Å². The molecule has 0 bridgehead atoms. The first-order valence-corrected chi connectivity index (χ1v) is 7.32. The Balaban J connectivity index is 2.64. The van der Waals surface area contributed by atoms with Gasteiger partial charge in [0.05, 0.1) is 7.11 Å². The number of rotatable bonds is 9. The molecule has 1 aromatic rings. The number of benzene rings is 1. The van der Waals surface area contributed by atoms with Gasteiger partial charge in [0.15, 0.2) is 0 Å². The average molecular weight is 264 g/mol. The van der Waals surface area contributed by atoms with Crippen LogP contribution in [0.3, 0.4) is 0 Å². The van der Waals surface area contributed by atoms with Crippen molar-refractivity contribution in [3.63, 3.8) is 0 Å². The van der Waals surface area contributed by atoms with Gasteiger partial charge in [-0.15, -0.1) is 0 Å². The van der Waals surface area contributed by atoms with Crippen LogP contribution in [0.15, 0.2) is 24.3 Å². The lowest BCUT2D eigenvalue weighted by Crippen LogP contribution is -2.30. The Labute approximate surface area is 118 Å². The zero-order valence-electron chi connectivity index (χ0n) is 12.8. The summed E-state index contributed by atoms with van der Waals surface area (Å²) in [6.07, 6.45) is 1.18. The third kappa shape index (κ3) is 4.84. The summed E-state index contributed by atoms with van der Waals surface area (Å²) in [5.41, 5.74) is 1.27. The molecule has 0 unspecified atom stereocenters. The fourth-order valence-electron chi connectivity index (χ4n) is 2.42. The second-order valence-corrected chi connectivity index (χ2v) is 4.75. The molecular weight excluding hydrogens is 236 g/mol. The Morgan fingerprint density at radius 3 is 2.63 bits per heavy atom. The van der Waals surface area contributed by atoms with E-state index in [1.165, 1.54) is 12.0 Å². The average Bonchev–Trinajstić information content (AvgIpc) is 2.46. The lowest BCUT2D eigenvalue weighted by molar-refractivity contribution is 0.214. The van der Waals surface area contributed by atoms with E-state index in [1.807, 2.05) is 12.1 Å². The molecule has 1 rings (SSSR count). The van der Waals surface area contributed by atoms with Gasteiger partial charge in [0.25, 0.3) is 0 Å². The molecule has 0 spiro atoms. The molecule has 0 aromatic heterocycles. The molecule has 19 heavy (non-hydrogen) atoms. The minimum Gasteiger partial charge on any atom is -0.496 e. The molecule has 0 aliphatic carbocycles. The van der Waals surface area contributed by atoms with Crippen LogP contribution >= 0.6 is 0 Å². The molecule has 0 aliphatic rings. The fraction of sp³-hybridized carbons (Fsp3) is 0.625. The summed E-state index contributed by atoms with van der Waals surface area (Å²) >= 11 is 0. The SMILES string of the molecule is CCNCCCN(CC)[C@@H](C)c1ccccc1OC. The van der Waals surface area contributed by atoms with Crippen molar-refractivity contribution in [1.82, 2.24) is 10.2 Å². The Morgan fingerprint density at radius 1 is 1.26 bits per heavy atom. The quantitative estimate of drug-likeness (QED) is 0.694. The van der Waals surface area contributed by atoms with E-state index in [4.69, 9.17) is 4.74 Å². The topological polar surface area (TPSA) is 24.5 Å². The molecular formula is C16H28N2O. The van der Waals surface area contributed by atoms with Gasteiger partial charge in [-0.05, 0) is 45.6 Å². The third-order valence-electron chi connectivity index (χ3n) is 3.59. The normalized spacial score (nSPS) is 12.7. The van der Waals surface area contributed by atoms with Crippen molar-refractivity contribution in [2.75, 3.05) is 33.3 Å². The Bertz CT molecular complexity index is 354. The zero-order valence-corrected chi connectivity index (χ0v) is 12.8. The Hall–Kier alpha value is -1.06. The van der Waals surface area contributed by atoms with E-state index in [2.05, 4.69) is 43.1 Å². The molecule has 0 fully saturated rings. The minimum atomic E-state index is 0.391. The van der Waals surface area contributed by atoms with Crippen molar-refractivity contribution < 1.29 is 4.74 Å². The van der Waals surface area contributed by atoms with E-state index < -0.39 is 0 Å².